The van der Waals surface area contributed by atoms with Crippen LogP contribution in [0.2, 0.25) is 5.02 Å². The highest BCUT2D eigenvalue weighted by Crippen LogP contribution is 2.51. The number of halogens is 2. The minimum atomic E-state index is -3.84. The Balaban J connectivity index is 1.38. The largest absolute Gasteiger partial charge is 0.489 e. The molecule has 1 N–H and O–H groups in total. The molecule has 5 nitrogen and oxygen atoms in total. The molecule has 1 saturated carbocycles. The van der Waals surface area contributed by atoms with Crippen molar-refractivity contribution in [3.63, 3.8) is 0 Å². The summed E-state index contributed by atoms with van der Waals surface area (Å²) in [5.41, 5.74) is 0.709. The topological polar surface area (TPSA) is 64.6 Å². The van der Waals surface area contributed by atoms with Crippen LogP contribution >= 0.6 is 11.6 Å². The monoisotopic (exact) mass is 411 g/mol. The molecule has 0 radical (unpaired) electrons. The van der Waals surface area contributed by atoms with Crippen molar-refractivity contribution in [3.05, 3.63) is 58.9 Å². The Labute approximate surface area is 162 Å². The van der Waals surface area contributed by atoms with Gasteiger partial charge in [-0.1, -0.05) is 29.3 Å². The van der Waals surface area contributed by atoms with Crippen molar-refractivity contribution >= 4 is 21.7 Å². The molecule has 2 aliphatic rings. The Hall–Kier alpha value is -1.67. The lowest BCUT2D eigenvalue weighted by Gasteiger charge is -2.57. The Morgan fingerprint density at radius 2 is 1.89 bits per heavy atom. The fourth-order valence-electron chi connectivity index (χ4n) is 3.54. The number of hydrogen-bond donors (Lipinski definition) is 1. The number of aryl methyl sites for hydroxylation is 1. The summed E-state index contributed by atoms with van der Waals surface area (Å²) in [6.07, 6.45) is 0.597. The summed E-state index contributed by atoms with van der Waals surface area (Å²) in [6, 6.07) is 10.5. The number of rotatable bonds is 5. The SMILES string of the molecule is Cc1ccc(S(=O)(=O)OC2NCC23CC(Oc2ccc(F)cc2Cl)C3)cc1. The zero-order chi connectivity index (χ0) is 19.2. The molecule has 0 amide bonds. The molecular weight excluding hydrogens is 393 g/mol. The fourth-order valence-corrected chi connectivity index (χ4v) is 4.85. The minimum Gasteiger partial charge on any atom is -0.489 e. The predicted molar refractivity (Wildman–Crippen MR) is 98.7 cm³/mol. The summed E-state index contributed by atoms with van der Waals surface area (Å²) >= 11 is 5.99. The number of ether oxygens (including phenoxy) is 1. The molecule has 1 saturated heterocycles. The Morgan fingerprint density at radius 1 is 1.19 bits per heavy atom. The molecule has 2 aromatic rings. The molecule has 0 aromatic heterocycles. The molecule has 1 atom stereocenters. The van der Waals surface area contributed by atoms with E-state index >= 15 is 0 Å². The van der Waals surface area contributed by atoms with E-state index in [1.165, 1.54) is 18.2 Å². The lowest BCUT2D eigenvalue weighted by atomic mass is 9.61. The molecule has 4 rings (SSSR count). The molecule has 1 spiro atoms. The van der Waals surface area contributed by atoms with Gasteiger partial charge in [-0.15, -0.1) is 0 Å². The van der Waals surface area contributed by atoms with Gasteiger partial charge in [-0.05, 0) is 50.1 Å². The van der Waals surface area contributed by atoms with Crippen LogP contribution in [0.1, 0.15) is 18.4 Å². The first-order valence-corrected chi connectivity index (χ1v) is 10.4. The molecular formula is C19H19ClFNO4S. The highest BCUT2D eigenvalue weighted by molar-refractivity contribution is 7.86. The van der Waals surface area contributed by atoms with Crippen LogP contribution in [0.5, 0.6) is 5.75 Å². The Morgan fingerprint density at radius 3 is 2.48 bits per heavy atom. The smallest absolute Gasteiger partial charge is 0.298 e. The van der Waals surface area contributed by atoms with Crippen molar-refractivity contribution in [2.24, 2.45) is 5.41 Å². The van der Waals surface area contributed by atoms with Gasteiger partial charge in [0.15, 0.2) is 0 Å². The van der Waals surface area contributed by atoms with Crippen LogP contribution in [0.15, 0.2) is 47.4 Å². The van der Waals surface area contributed by atoms with Crippen LogP contribution in [0.4, 0.5) is 4.39 Å². The summed E-state index contributed by atoms with van der Waals surface area (Å²) < 4.78 is 49.3. The fraction of sp³-hybridized carbons (Fsp3) is 0.368. The first-order chi connectivity index (χ1) is 12.8. The second-order valence-electron chi connectivity index (χ2n) is 7.21. The maximum atomic E-state index is 13.1. The van der Waals surface area contributed by atoms with Gasteiger partial charge >= 0.3 is 0 Å². The van der Waals surface area contributed by atoms with Crippen LogP contribution in [-0.2, 0) is 14.3 Å². The molecule has 1 heterocycles. The van der Waals surface area contributed by atoms with Gasteiger partial charge in [0, 0.05) is 12.0 Å². The van der Waals surface area contributed by atoms with Crippen LogP contribution < -0.4 is 10.1 Å². The van der Waals surface area contributed by atoms with Gasteiger partial charge in [-0.3, -0.25) is 5.32 Å². The summed E-state index contributed by atoms with van der Waals surface area (Å²) in [5.74, 6) is 0.00495. The quantitative estimate of drug-likeness (QED) is 0.761. The highest BCUT2D eigenvalue weighted by atomic mass is 35.5. The third-order valence-electron chi connectivity index (χ3n) is 5.18. The second-order valence-corrected chi connectivity index (χ2v) is 9.19. The number of nitrogens with one attached hydrogen (secondary N) is 1. The average Bonchev–Trinajstić information content (AvgIpc) is 2.56. The molecule has 2 aromatic carbocycles. The van der Waals surface area contributed by atoms with Gasteiger partial charge in [-0.25, -0.2) is 8.57 Å². The van der Waals surface area contributed by atoms with Crippen LogP contribution in [-0.4, -0.2) is 27.3 Å². The summed E-state index contributed by atoms with van der Waals surface area (Å²) in [7, 11) is -3.84. The molecule has 144 valence electrons. The van der Waals surface area contributed by atoms with Crippen molar-refractivity contribution in [2.45, 2.75) is 37.0 Å². The van der Waals surface area contributed by atoms with E-state index in [0.717, 1.165) is 5.56 Å². The van der Waals surface area contributed by atoms with Crippen molar-refractivity contribution in [3.8, 4) is 5.75 Å². The first-order valence-electron chi connectivity index (χ1n) is 8.63. The summed E-state index contributed by atoms with van der Waals surface area (Å²) in [5, 5.41) is 3.27. The van der Waals surface area contributed by atoms with E-state index in [4.69, 9.17) is 20.5 Å². The maximum absolute atomic E-state index is 13.1. The standard InChI is InChI=1S/C19H19ClFNO4S/c1-12-2-5-15(6-3-12)27(23,24)26-18-19(11-22-18)9-14(10-19)25-17-7-4-13(21)8-16(17)20/h2-8,14,18,22H,9-11H2,1H3. The summed E-state index contributed by atoms with van der Waals surface area (Å²) in [6.45, 7) is 2.56. The third-order valence-corrected chi connectivity index (χ3v) is 6.77. The van der Waals surface area contributed by atoms with E-state index in [0.29, 0.717) is 25.1 Å². The normalized spacial score (nSPS) is 27.1. The van der Waals surface area contributed by atoms with E-state index in [9.17, 15) is 12.8 Å². The van der Waals surface area contributed by atoms with Crippen molar-refractivity contribution < 1.29 is 21.7 Å². The van der Waals surface area contributed by atoms with Gasteiger partial charge in [0.25, 0.3) is 10.1 Å². The van der Waals surface area contributed by atoms with Gasteiger partial charge in [0.1, 0.15) is 23.9 Å². The van der Waals surface area contributed by atoms with Crippen molar-refractivity contribution in [1.29, 1.82) is 0 Å². The number of benzene rings is 2. The zero-order valence-electron chi connectivity index (χ0n) is 14.6. The van der Waals surface area contributed by atoms with Crippen LogP contribution in [0.25, 0.3) is 0 Å². The van der Waals surface area contributed by atoms with Gasteiger partial charge in [0.05, 0.1) is 9.92 Å². The van der Waals surface area contributed by atoms with Crippen LogP contribution in [0.3, 0.4) is 0 Å². The second kappa shape index (κ2) is 6.74. The Kier molecular flexibility index (Phi) is 4.66. The molecule has 27 heavy (non-hydrogen) atoms. The van der Waals surface area contributed by atoms with E-state index < -0.39 is 22.2 Å². The highest BCUT2D eigenvalue weighted by Gasteiger charge is 2.58. The molecule has 0 bridgehead atoms. The average molecular weight is 412 g/mol. The van der Waals surface area contributed by atoms with Gasteiger partial charge in [0.2, 0.25) is 0 Å². The molecule has 2 fully saturated rings. The van der Waals surface area contributed by atoms with E-state index in [1.54, 1.807) is 24.3 Å². The molecule has 1 aliphatic carbocycles. The van der Waals surface area contributed by atoms with E-state index in [2.05, 4.69) is 5.32 Å². The lowest BCUT2D eigenvalue weighted by Crippen LogP contribution is -2.70. The van der Waals surface area contributed by atoms with Gasteiger partial charge < -0.3 is 4.74 Å². The van der Waals surface area contributed by atoms with E-state index in [1.807, 2.05) is 6.92 Å². The maximum Gasteiger partial charge on any atom is 0.298 e. The molecule has 1 unspecified atom stereocenters. The van der Waals surface area contributed by atoms with E-state index in [-0.39, 0.29) is 21.4 Å². The van der Waals surface area contributed by atoms with Crippen LogP contribution in [0, 0.1) is 18.2 Å². The summed E-state index contributed by atoms with van der Waals surface area (Å²) in [4.78, 5) is 0.141. The molecule has 8 heteroatoms. The predicted octanol–water partition coefficient (Wildman–Crippen LogP) is 3.65. The number of hydrogen-bond acceptors (Lipinski definition) is 5. The molecule has 1 aliphatic heterocycles. The third kappa shape index (κ3) is 3.57. The first kappa shape index (κ1) is 18.7. The van der Waals surface area contributed by atoms with Gasteiger partial charge in [-0.2, -0.15) is 8.42 Å². The Bertz CT molecular complexity index is 958. The zero-order valence-corrected chi connectivity index (χ0v) is 16.2. The minimum absolute atomic E-state index is 0.108. The lowest BCUT2D eigenvalue weighted by molar-refractivity contribution is -0.152. The van der Waals surface area contributed by atoms with Crippen molar-refractivity contribution in [1.82, 2.24) is 5.32 Å². The van der Waals surface area contributed by atoms with Crippen molar-refractivity contribution in [2.75, 3.05) is 6.54 Å².